The lowest BCUT2D eigenvalue weighted by Crippen LogP contribution is -2.39. The van der Waals surface area contributed by atoms with Crippen LogP contribution in [0.2, 0.25) is 5.15 Å². The number of nitrogens with one attached hydrogen (secondary N) is 1. The van der Waals surface area contributed by atoms with E-state index in [0.29, 0.717) is 23.9 Å². The Labute approximate surface area is 111 Å². The minimum Gasteiger partial charge on any atom is -0.297 e. The van der Waals surface area contributed by atoms with E-state index < -0.39 is 5.69 Å². The maximum Gasteiger partial charge on any atom is 0.329 e. The van der Waals surface area contributed by atoms with Crippen LogP contribution in [0, 0.1) is 11.8 Å². The van der Waals surface area contributed by atoms with Crippen LogP contribution in [0.5, 0.6) is 0 Å². The number of halogens is 1. The van der Waals surface area contributed by atoms with Gasteiger partial charge in [-0.1, -0.05) is 32.4 Å². The number of aromatic amines is 1. The zero-order valence-electron chi connectivity index (χ0n) is 11.0. The highest BCUT2D eigenvalue weighted by molar-refractivity contribution is 6.30. The predicted octanol–water partition coefficient (Wildman–Crippen LogP) is 2.36. The van der Waals surface area contributed by atoms with E-state index in [2.05, 4.69) is 11.9 Å². The lowest BCUT2D eigenvalue weighted by atomic mass is 10.1. The van der Waals surface area contributed by atoms with Crippen LogP contribution < -0.4 is 11.2 Å². The molecule has 0 amide bonds. The van der Waals surface area contributed by atoms with Crippen molar-refractivity contribution in [2.75, 3.05) is 0 Å². The first kappa shape index (κ1) is 13.4. The molecule has 0 radical (unpaired) electrons. The van der Waals surface area contributed by atoms with Gasteiger partial charge in [-0.25, -0.2) is 4.79 Å². The molecule has 1 aromatic rings. The molecule has 1 heterocycles. The van der Waals surface area contributed by atoms with Crippen LogP contribution in [0.25, 0.3) is 0 Å². The van der Waals surface area contributed by atoms with Crippen molar-refractivity contribution in [3.05, 3.63) is 31.6 Å². The van der Waals surface area contributed by atoms with E-state index in [9.17, 15) is 9.59 Å². The zero-order chi connectivity index (χ0) is 13.4. The summed E-state index contributed by atoms with van der Waals surface area (Å²) in [5.41, 5.74) is -0.146. The Morgan fingerprint density at radius 3 is 2.44 bits per heavy atom. The van der Waals surface area contributed by atoms with Gasteiger partial charge >= 0.3 is 5.69 Å². The third-order valence-corrected chi connectivity index (χ3v) is 3.95. The van der Waals surface area contributed by atoms with Crippen LogP contribution in [0.1, 0.15) is 45.1 Å². The largest absolute Gasteiger partial charge is 0.329 e. The van der Waals surface area contributed by atoms with Gasteiger partial charge in [0.15, 0.2) is 0 Å². The summed E-state index contributed by atoms with van der Waals surface area (Å²) in [6.07, 6.45) is 2.41. The second-order valence-electron chi connectivity index (χ2n) is 5.54. The molecule has 0 aliphatic heterocycles. The van der Waals surface area contributed by atoms with Crippen molar-refractivity contribution in [2.45, 2.75) is 46.1 Å². The Morgan fingerprint density at radius 2 is 1.94 bits per heavy atom. The van der Waals surface area contributed by atoms with Gasteiger partial charge in [-0.3, -0.25) is 14.3 Å². The van der Waals surface area contributed by atoms with E-state index >= 15 is 0 Å². The van der Waals surface area contributed by atoms with Crippen molar-refractivity contribution in [1.29, 1.82) is 0 Å². The Kier molecular flexibility index (Phi) is 3.66. The molecule has 1 aliphatic rings. The number of nitrogens with zero attached hydrogens (tertiary/aromatic N) is 1. The number of hydrogen-bond acceptors (Lipinski definition) is 2. The second kappa shape index (κ2) is 4.92. The van der Waals surface area contributed by atoms with E-state index in [-0.39, 0.29) is 16.6 Å². The monoisotopic (exact) mass is 270 g/mol. The first-order chi connectivity index (χ1) is 8.41. The van der Waals surface area contributed by atoms with Gasteiger partial charge in [0.1, 0.15) is 5.15 Å². The Bertz CT molecular complexity index is 555. The Balaban J connectivity index is 2.43. The van der Waals surface area contributed by atoms with Crippen molar-refractivity contribution < 1.29 is 0 Å². The molecule has 0 saturated heterocycles. The van der Waals surface area contributed by atoms with Gasteiger partial charge in [0, 0.05) is 6.54 Å². The summed E-state index contributed by atoms with van der Waals surface area (Å²) in [5, 5.41) is 0.176. The molecule has 0 spiro atoms. The number of H-pyrrole nitrogens is 1. The zero-order valence-corrected chi connectivity index (χ0v) is 11.8. The fourth-order valence-electron chi connectivity index (χ4n) is 2.33. The van der Waals surface area contributed by atoms with Crippen LogP contribution in [0.4, 0.5) is 0 Å². The van der Waals surface area contributed by atoms with Crippen molar-refractivity contribution in [1.82, 2.24) is 9.55 Å². The van der Waals surface area contributed by atoms with Crippen LogP contribution >= 0.6 is 11.6 Å². The third kappa shape index (κ3) is 2.53. The van der Waals surface area contributed by atoms with Gasteiger partial charge in [-0.05, 0) is 30.6 Å². The van der Waals surface area contributed by atoms with E-state index in [1.807, 2.05) is 13.8 Å². The SMILES string of the molecule is CC(C)c1c(Cl)[nH]c(=O)n(CC(C)C2CC2)c1=O. The molecule has 1 atom stereocenters. The number of hydrogen-bond donors (Lipinski definition) is 1. The minimum absolute atomic E-state index is 0.00401. The summed E-state index contributed by atoms with van der Waals surface area (Å²) in [5.74, 6) is 1.03. The average molecular weight is 271 g/mol. The first-order valence-electron chi connectivity index (χ1n) is 6.44. The molecule has 100 valence electrons. The van der Waals surface area contributed by atoms with Crippen LogP contribution in [0.3, 0.4) is 0 Å². The highest BCUT2D eigenvalue weighted by Gasteiger charge is 2.29. The summed E-state index contributed by atoms with van der Waals surface area (Å²) >= 11 is 5.94. The first-order valence-corrected chi connectivity index (χ1v) is 6.82. The fraction of sp³-hybridized carbons (Fsp3) is 0.692. The van der Waals surface area contributed by atoms with Gasteiger partial charge < -0.3 is 0 Å². The van der Waals surface area contributed by atoms with E-state index in [1.165, 1.54) is 17.4 Å². The lowest BCUT2D eigenvalue weighted by Gasteiger charge is -2.14. The molecule has 1 saturated carbocycles. The summed E-state index contributed by atoms with van der Waals surface area (Å²) < 4.78 is 1.30. The van der Waals surface area contributed by atoms with Crippen molar-refractivity contribution >= 4 is 11.6 Å². The molecule has 1 aromatic heterocycles. The van der Waals surface area contributed by atoms with Crippen LogP contribution in [-0.2, 0) is 6.54 Å². The summed E-state index contributed by atoms with van der Waals surface area (Å²) in [7, 11) is 0. The van der Waals surface area contributed by atoms with Gasteiger partial charge in [-0.2, -0.15) is 0 Å². The Morgan fingerprint density at radius 1 is 1.33 bits per heavy atom. The number of aromatic nitrogens is 2. The van der Waals surface area contributed by atoms with Crippen LogP contribution in [-0.4, -0.2) is 9.55 Å². The fourth-order valence-corrected chi connectivity index (χ4v) is 2.71. The van der Waals surface area contributed by atoms with E-state index in [1.54, 1.807) is 0 Å². The van der Waals surface area contributed by atoms with Crippen LogP contribution in [0.15, 0.2) is 9.59 Å². The second-order valence-corrected chi connectivity index (χ2v) is 5.92. The maximum absolute atomic E-state index is 12.3. The van der Waals surface area contributed by atoms with Crippen molar-refractivity contribution in [3.63, 3.8) is 0 Å². The molecule has 0 bridgehead atoms. The average Bonchev–Trinajstić information content (AvgIpc) is 3.06. The standard InChI is InChI=1S/C13H19ClN2O2/c1-7(2)10-11(14)15-13(18)16(12(10)17)6-8(3)9-4-5-9/h7-9H,4-6H2,1-3H3,(H,15,18). The van der Waals surface area contributed by atoms with Gasteiger partial charge in [-0.15, -0.1) is 0 Å². The summed E-state index contributed by atoms with van der Waals surface area (Å²) in [4.78, 5) is 26.7. The summed E-state index contributed by atoms with van der Waals surface area (Å²) in [6, 6.07) is 0. The molecule has 1 N–H and O–H groups in total. The molecule has 0 aromatic carbocycles. The molecule has 1 unspecified atom stereocenters. The van der Waals surface area contributed by atoms with Crippen molar-refractivity contribution in [3.8, 4) is 0 Å². The minimum atomic E-state index is -0.401. The normalized spacial score (nSPS) is 17.2. The molecular formula is C13H19ClN2O2. The van der Waals surface area contributed by atoms with E-state index in [0.717, 1.165) is 0 Å². The maximum atomic E-state index is 12.3. The smallest absolute Gasteiger partial charge is 0.297 e. The van der Waals surface area contributed by atoms with Gasteiger partial charge in [0.25, 0.3) is 5.56 Å². The predicted molar refractivity (Wildman–Crippen MR) is 72.3 cm³/mol. The quantitative estimate of drug-likeness (QED) is 0.854. The van der Waals surface area contributed by atoms with Crippen molar-refractivity contribution in [2.24, 2.45) is 11.8 Å². The molecule has 5 heteroatoms. The van der Waals surface area contributed by atoms with Gasteiger partial charge in [0.05, 0.1) is 5.56 Å². The molecule has 1 fully saturated rings. The third-order valence-electron chi connectivity index (χ3n) is 3.65. The molecule has 18 heavy (non-hydrogen) atoms. The molecule has 4 nitrogen and oxygen atoms in total. The molecular weight excluding hydrogens is 252 g/mol. The van der Waals surface area contributed by atoms with E-state index in [4.69, 9.17) is 11.6 Å². The Hall–Kier alpha value is -1.03. The molecule has 1 aliphatic carbocycles. The lowest BCUT2D eigenvalue weighted by molar-refractivity contribution is 0.410. The van der Waals surface area contributed by atoms with Gasteiger partial charge in [0.2, 0.25) is 0 Å². The highest BCUT2D eigenvalue weighted by atomic mass is 35.5. The highest BCUT2D eigenvalue weighted by Crippen LogP contribution is 2.36. The topological polar surface area (TPSA) is 54.9 Å². The summed E-state index contributed by atoms with van der Waals surface area (Å²) in [6.45, 7) is 6.37. The number of rotatable bonds is 4. The molecule has 2 rings (SSSR count).